The minimum Gasteiger partial charge on any atom is -0.507 e. The van der Waals surface area contributed by atoms with Crippen LogP contribution in [0.5, 0.6) is 23.0 Å². The Bertz CT molecular complexity index is 1750. The molecule has 188 valence electrons. The Morgan fingerprint density at radius 2 is 1.05 bits per heavy atom. The van der Waals surface area contributed by atoms with Gasteiger partial charge in [-0.25, -0.2) is 4.79 Å². The van der Waals surface area contributed by atoms with E-state index in [2.05, 4.69) is 0 Å². The zero-order valence-corrected chi connectivity index (χ0v) is 19.9. The molecule has 6 rings (SSSR count). The van der Waals surface area contributed by atoms with Crippen molar-refractivity contribution in [1.82, 2.24) is 0 Å². The second-order valence-corrected chi connectivity index (χ2v) is 9.61. The van der Waals surface area contributed by atoms with Gasteiger partial charge in [0.25, 0.3) is 0 Å². The Hall–Kier alpha value is -5.11. The minimum atomic E-state index is -1.32. The number of hydrogen-bond acceptors (Lipinski definition) is 7. The van der Waals surface area contributed by atoms with Crippen molar-refractivity contribution in [2.24, 2.45) is 0 Å². The number of hydrogen-bond donors (Lipinski definition) is 5. The maximum Gasteiger partial charge on any atom is 0.335 e. The first-order chi connectivity index (χ1) is 18.1. The van der Waals surface area contributed by atoms with E-state index in [1.807, 2.05) is 0 Å². The number of aromatic carboxylic acids is 1. The quantitative estimate of drug-likeness (QED) is 0.264. The van der Waals surface area contributed by atoms with Crippen molar-refractivity contribution in [3.05, 3.63) is 116 Å². The lowest BCUT2D eigenvalue weighted by molar-refractivity contribution is 0.0695. The fourth-order valence-corrected chi connectivity index (χ4v) is 5.98. The van der Waals surface area contributed by atoms with Crippen LogP contribution in [0.2, 0.25) is 0 Å². The molecule has 38 heavy (non-hydrogen) atoms. The van der Waals surface area contributed by atoms with Crippen LogP contribution in [0.15, 0.2) is 60.7 Å². The standard InChI is InChI=1S/C30H20O8/c1-12-8-16-22(14-4-2-6-18(31)24(14)28(35)26(16)20(33)9-12)23-15-5-3-7-19(32)25(15)29(36)27-17(23)10-13(30(37)38)11-21(27)34/h2-11,22-23,31-34H,1H3,(H,37,38)/t22-,23-/m1/s1. The van der Waals surface area contributed by atoms with Gasteiger partial charge in [-0.05, 0) is 65.1 Å². The highest BCUT2D eigenvalue weighted by Gasteiger charge is 2.45. The van der Waals surface area contributed by atoms with Gasteiger partial charge in [0.1, 0.15) is 23.0 Å². The molecule has 0 saturated heterocycles. The average Bonchev–Trinajstić information content (AvgIpc) is 2.84. The molecular weight excluding hydrogens is 488 g/mol. The highest BCUT2D eigenvalue weighted by Crippen LogP contribution is 2.55. The number of phenols is 4. The van der Waals surface area contributed by atoms with Crippen LogP contribution < -0.4 is 0 Å². The highest BCUT2D eigenvalue weighted by molar-refractivity contribution is 6.18. The number of aromatic hydroxyl groups is 4. The number of rotatable bonds is 2. The van der Waals surface area contributed by atoms with Crippen LogP contribution >= 0.6 is 0 Å². The smallest absolute Gasteiger partial charge is 0.335 e. The molecule has 0 spiro atoms. The molecule has 4 aromatic carbocycles. The Kier molecular flexibility index (Phi) is 4.87. The number of fused-ring (bicyclic) bond motifs is 4. The van der Waals surface area contributed by atoms with Gasteiger partial charge in [0.15, 0.2) is 0 Å². The largest absolute Gasteiger partial charge is 0.507 e. The third-order valence-corrected chi connectivity index (χ3v) is 7.42. The Labute approximate surface area is 215 Å². The topological polar surface area (TPSA) is 152 Å². The summed E-state index contributed by atoms with van der Waals surface area (Å²) in [5.41, 5.74) is 1.47. The predicted molar refractivity (Wildman–Crippen MR) is 135 cm³/mol. The van der Waals surface area contributed by atoms with E-state index in [-0.39, 0.29) is 50.6 Å². The van der Waals surface area contributed by atoms with Gasteiger partial charge in [-0.15, -0.1) is 0 Å². The Balaban J connectivity index is 1.78. The summed E-state index contributed by atoms with van der Waals surface area (Å²) in [6.45, 7) is 1.74. The van der Waals surface area contributed by atoms with Crippen LogP contribution in [-0.4, -0.2) is 43.1 Å². The fraction of sp³-hybridized carbons (Fsp3) is 0.100. The number of ketones is 2. The summed E-state index contributed by atoms with van der Waals surface area (Å²) < 4.78 is 0. The summed E-state index contributed by atoms with van der Waals surface area (Å²) in [5, 5.41) is 52.9. The lowest BCUT2D eigenvalue weighted by atomic mass is 9.63. The fourth-order valence-electron chi connectivity index (χ4n) is 5.98. The molecule has 8 heteroatoms. The van der Waals surface area contributed by atoms with Crippen LogP contribution in [0, 0.1) is 6.92 Å². The molecule has 0 aliphatic heterocycles. The van der Waals surface area contributed by atoms with E-state index in [0.717, 1.165) is 6.07 Å². The molecule has 0 heterocycles. The Morgan fingerprint density at radius 1 is 0.605 bits per heavy atom. The van der Waals surface area contributed by atoms with E-state index >= 15 is 0 Å². The van der Waals surface area contributed by atoms with Gasteiger partial charge >= 0.3 is 5.97 Å². The first-order valence-corrected chi connectivity index (χ1v) is 11.8. The molecule has 0 unspecified atom stereocenters. The van der Waals surface area contributed by atoms with Crippen molar-refractivity contribution in [2.75, 3.05) is 0 Å². The molecule has 2 aliphatic carbocycles. The molecule has 0 saturated carbocycles. The van der Waals surface area contributed by atoms with Crippen molar-refractivity contribution in [3.63, 3.8) is 0 Å². The molecule has 0 fully saturated rings. The van der Waals surface area contributed by atoms with Crippen LogP contribution in [0.4, 0.5) is 0 Å². The predicted octanol–water partition coefficient (Wildman–Crippen LogP) is 4.57. The Morgan fingerprint density at radius 3 is 1.55 bits per heavy atom. The number of carbonyl (C=O) groups is 3. The molecule has 4 aromatic rings. The van der Waals surface area contributed by atoms with E-state index in [9.17, 15) is 39.9 Å². The maximum atomic E-state index is 13.6. The molecule has 0 radical (unpaired) electrons. The third kappa shape index (κ3) is 3.06. The van der Waals surface area contributed by atoms with E-state index < -0.39 is 35.1 Å². The molecule has 5 N–H and O–H groups in total. The lowest BCUT2D eigenvalue weighted by Gasteiger charge is -2.38. The number of aryl methyl sites for hydroxylation is 1. The monoisotopic (exact) mass is 508 g/mol. The highest BCUT2D eigenvalue weighted by atomic mass is 16.4. The van der Waals surface area contributed by atoms with Crippen LogP contribution in [0.25, 0.3) is 0 Å². The number of carboxylic acids is 1. The SMILES string of the molecule is Cc1cc(O)c2c(c1)[C@H]([C@@H]1c3cccc(O)c3C(=O)c3c(O)cc(C(=O)O)cc31)c1cccc(O)c1C2=O. The first-order valence-electron chi connectivity index (χ1n) is 11.8. The zero-order chi connectivity index (χ0) is 27.0. The molecule has 2 atom stereocenters. The van der Waals surface area contributed by atoms with Crippen molar-refractivity contribution < 1.29 is 39.9 Å². The summed E-state index contributed by atoms with van der Waals surface area (Å²) in [6.07, 6.45) is 0. The van der Waals surface area contributed by atoms with Crippen molar-refractivity contribution in [2.45, 2.75) is 18.8 Å². The van der Waals surface area contributed by atoms with Crippen LogP contribution in [-0.2, 0) is 0 Å². The average molecular weight is 508 g/mol. The van der Waals surface area contributed by atoms with Crippen molar-refractivity contribution >= 4 is 17.5 Å². The number of phenolic OH excluding ortho intramolecular Hbond substituents is 4. The molecule has 2 aliphatic rings. The van der Waals surface area contributed by atoms with Gasteiger partial charge in [0.2, 0.25) is 11.6 Å². The third-order valence-electron chi connectivity index (χ3n) is 7.42. The molecule has 0 aromatic heterocycles. The summed E-state index contributed by atoms with van der Waals surface area (Å²) in [4.78, 5) is 39.0. The van der Waals surface area contributed by atoms with E-state index in [1.165, 1.54) is 24.3 Å². The second kappa shape index (κ2) is 7.94. The summed E-state index contributed by atoms with van der Waals surface area (Å²) in [6, 6.07) is 14.5. The van der Waals surface area contributed by atoms with Gasteiger partial charge in [-0.2, -0.15) is 0 Å². The van der Waals surface area contributed by atoms with Gasteiger partial charge < -0.3 is 25.5 Å². The molecule has 8 nitrogen and oxygen atoms in total. The van der Waals surface area contributed by atoms with Gasteiger partial charge in [-0.1, -0.05) is 30.3 Å². The molecule has 0 bridgehead atoms. The van der Waals surface area contributed by atoms with Gasteiger partial charge in [0.05, 0.1) is 27.8 Å². The van der Waals surface area contributed by atoms with Crippen LogP contribution in [0.3, 0.4) is 0 Å². The molecular formula is C30H20O8. The zero-order valence-electron chi connectivity index (χ0n) is 19.9. The lowest BCUT2D eigenvalue weighted by Crippen LogP contribution is -2.30. The normalized spacial score (nSPS) is 17.3. The summed E-state index contributed by atoms with van der Waals surface area (Å²) >= 11 is 0. The number of benzene rings is 4. The number of carboxylic acid groups (broad SMARTS) is 1. The van der Waals surface area contributed by atoms with Crippen molar-refractivity contribution in [1.29, 1.82) is 0 Å². The maximum absolute atomic E-state index is 13.6. The molecule has 0 amide bonds. The van der Waals surface area contributed by atoms with E-state index in [1.54, 1.807) is 37.3 Å². The second-order valence-electron chi connectivity index (χ2n) is 9.61. The first kappa shape index (κ1) is 23.3. The van der Waals surface area contributed by atoms with Gasteiger partial charge in [-0.3, -0.25) is 9.59 Å². The van der Waals surface area contributed by atoms with Crippen molar-refractivity contribution in [3.8, 4) is 23.0 Å². The van der Waals surface area contributed by atoms with Crippen LogP contribution in [0.1, 0.15) is 81.9 Å². The minimum absolute atomic E-state index is 0.0200. The number of carbonyl (C=O) groups excluding carboxylic acids is 2. The van der Waals surface area contributed by atoms with Gasteiger partial charge in [0, 0.05) is 11.8 Å². The summed E-state index contributed by atoms with van der Waals surface area (Å²) in [7, 11) is 0. The summed E-state index contributed by atoms with van der Waals surface area (Å²) in [5.74, 6) is -5.72. The van der Waals surface area contributed by atoms with E-state index in [0.29, 0.717) is 22.3 Å². The van der Waals surface area contributed by atoms with E-state index in [4.69, 9.17) is 0 Å².